The van der Waals surface area contributed by atoms with Crippen molar-refractivity contribution in [2.45, 2.75) is 26.9 Å². The zero-order valence-electron chi connectivity index (χ0n) is 10.6. The van der Waals surface area contributed by atoms with Crippen molar-refractivity contribution < 1.29 is 0 Å². The van der Waals surface area contributed by atoms with E-state index in [9.17, 15) is 0 Å². The molecule has 0 saturated heterocycles. The second-order valence-electron chi connectivity index (χ2n) is 4.72. The Hall–Kier alpha value is -1.78. The van der Waals surface area contributed by atoms with Crippen LogP contribution in [0.4, 0.5) is 5.69 Å². The molecule has 0 aliphatic heterocycles. The number of hydrogen-bond donors (Lipinski definition) is 1. The van der Waals surface area contributed by atoms with Crippen molar-refractivity contribution in [2.24, 2.45) is 13.0 Å². The van der Waals surface area contributed by atoms with Crippen molar-refractivity contribution in [2.75, 3.05) is 5.32 Å². The molecule has 0 aliphatic carbocycles. The Balaban J connectivity index is 1.89. The third kappa shape index (κ3) is 3.34. The van der Waals surface area contributed by atoms with Crippen molar-refractivity contribution in [3.8, 4) is 0 Å². The predicted molar refractivity (Wildman–Crippen MR) is 67.6 cm³/mol. The molecule has 1 N–H and O–H groups in total. The van der Waals surface area contributed by atoms with Gasteiger partial charge in [0.1, 0.15) is 0 Å². The molecule has 17 heavy (non-hydrogen) atoms. The highest BCUT2D eigenvalue weighted by atomic mass is 15.3. The van der Waals surface area contributed by atoms with Gasteiger partial charge in [-0.2, -0.15) is 10.2 Å². The van der Waals surface area contributed by atoms with Crippen molar-refractivity contribution in [3.05, 3.63) is 30.4 Å². The minimum atomic E-state index is 0.619. The lowest BCUT2D eigenvalue weighted by atomic mass is 10.2. The number of nitrogens with one attached hydrogen (secondary N) is 1. The van der Waals surface area contributed by atoms with E-state index in [0.717, 1.165) is 18.8 Å². The van der Waals surface area contributed by atoms with E-state index < -0.39 is 0 Å². The van der Waals surface area contributed by atoms with Gasteiger partial charge in [0, 0.05) is 38.1 Å². The van der Waals surface area contributed by atoms with Crippen LogP contribution in [0.25, 0.3) is 0 Å². The average molecular weight is 233 g/mol. The van der Waals surface area contributed by atoms with Gasteiger partial charge in [0.15, 0.2) is 0 Å². The number of anilines is 1. The van der Waals surface area contributed by atoms with Crippen LogP contribution in [0.5, 0.6) is 0 Å². The highest BCUT2D eigenvalue weighted by molar-refractivity contribution is 5.38. The molecule has 0 unspecified atom stereocenters. The molecule has 5 nitrogen and oxygen atoms in total. The lowest BCUT2D eigenvalue weighted by Gasteiger charge is -2.03. The Bertz CT molecular complexity index is 469. The monoisotopic (exact) mass is 233 g/mol. The highest BCUT2D eigenvalue weighted by Gasteiger charge is 2.01. The summed E-state index contributed by atoms with van der Waals surface area (Å²) in [5.41, 5.74) is 2.22. The molecule has 0 aliphatic rings. The first-order chi connectivity index (χ1) is 8.13. The standard InChI is InChI=1S/C12H19N5/c1-10(2)7-17-8-11(5-15-17)4-13-12-6-14-16(3)9-12/h5-6,8-10,13H,4,7H2,1-3H3. The molecule has 0 spiro atoms. The van der Waals surface area contributed by atoms with Gasteiger partial charge in [0.05, 0.1) is 18.1 Å². The lowest BCUT2D eigenvalue weighted by Crippen LogP contribution is -2.04. The third-order valence-electron chi connectivity index (χ3n) is 2.44. The first-order valence-electron chi connectivity index (χ1n) is 5.87. The van der Waals surface area contributed by atoms with E-state index in [0.29, 0.717) is 5.92 Å². The van der Waals surface area contributed by atoms with Gasteiger partial charge >= 0.3 is 0 Å². The van der Waals surface area contributed by atoms with E-state index >= 15 is 0 Å². The van der Waals surface area contributed by atoms with Crippen molar-refractivity contribution in [1.29, 1.82) is 0 Å². The minimum absolute atomic E-state index is 0.619. The van der Waals surface area contributed by atoms with Crippen LogP contribution in [0.15, 0.2) is 24.8 Å². The molecular formula is C12H19N5. The molecule has 2 aromatic rings. The van der Waals surface area contributed by atoms with Crippen LogP contribution in [0.1, 0.15) is 19.4 Å². The summed E-state index contributed by atoms with van der Waals surface area (Å²) < 4.78 is 3.77. The van der Waals surface area contributed by atoms with E-state index in [4.69, 9.17) is 0 Å². The van der Waals surface area contributed by atoms with Crippen LogP contribution >= 0.6 is 0 Å². The average Bonchev–Trinajstić information content (AvgIpc) is 2.84. The summed E-state index contributed by atoms with van der Waals surface area (Å²) in [6, 6.07) is 0. The van der Waals surface area contributed by atoms with Gasteiger partial charge in [-0.1, -0.05) is 13.8 Å². The Morgan fingerprint density at radius 2 is 2.06 bits per heavy atom. The summed E-state index contributed by atoms with van der Waals surface area (Å²) in [5.74, 6) is 0.619. The summed E-state index contributed by atoms with van der Waals surface area (Å²) in [6.07, 6.45) is 7.77. The van der Waals surface area contributed by atoms with Crippen LogP contribution in [0.3, 0.4) is 0 Å². The highest BCUT2D eigenvalue weighted by Crippen LogP contribution is 2.07. The molecular weight excluding hydrogens is 214 g/mol. The van der Waals surface area contributed by atoms with E-state index in [1.807, 2.05) is 30.3 Å². The van der Waals surface area contributed by atoms with Gasteiger partial charge in [-0.15, -0.1) is 0 Å². The first kappa shape index (κ1) is 11.7. The zero-order valence-corrected chi connectivity index (χ0v) is 10.6. The largest absolute Gasteiger partial charge is 0.378 e. The van der Waals surface area contributed by atoms with E-state index in [1.165, 1.54) is 5.56 Å². The zero-order chi connectivity index (χ0) is 12.3. The smallest absolute Gasteiger partial charge is 0.0729 e. The second kappa shape index (κ2) is 5.03. The van der Waals surface area contributed by atoms with Crippen molar-refractivity contribution in [1.82, 2.24) is 19.6 Å². The Morgan fingerprint density at radius 1 is 1.24 bits per heavy atom. The molecule has 0 atom stereocenters. The summed E-state index contributed by atoms with van der Waals surface area (Å²) >= 11 is 0. The van der Waals surface area contributed by atoms with Gasteiger partial charge in [-0.05, 0) is 5.92 Å². The van der Waals surface area contributed by atoms with Crippen LogP contribution < -0.4 is 5.32 Å². The fraction of sp³-hybridized carbons (Fsp3) is 0.500. The van der Waals surface area contributed by atoms with E-state index in [-0.39, 0.29) is 0 Å². The van der Waals surface area contributed by atoms with Gasteiger partial charge in [0.25, 0.3) is 0 Å². The maximum absolute atomic E-state index is 4.33. The van der Waals surface area contributed by atoms with Crippen LogP contribution in [-0.4, -0.2) is 19.6 Å². The Kier molecular flexibility index (Phi) is 3.46. The lowest BCUT2D eigenvalue weighted by molar-refractivity contribution is 0.483. The molecule has 0 bridgehead atoms. The Morgan fingerprint density at radius 3 is 2.71 bits per heavy atom. The number of aromatic nitrogens is 4. The van der Waals surface area contributed by atoms with Crippen molar-refractivity contribution in [3.63, 3.8) is 0 Å². The summed E-state index contributed by atoms with van der Waals surface area (Å²) in [6.45, 7) is 6.13. The molecule has 0 radical (unpaired) electrons. The maximum atomic E-state index is 4.33. The van der Waals surface area contributed by atoms with Crippen LogP contribution in [-0.2, 0) is 20.1 Å². The van der Waals surface area contributed by atoms with Crippen LogP contribution in [0, 0.1) is 5.92 Å². The molecule has 92 valence electrons. The van der Waals surface area contributed by atoms with Crippen molar-refractivity contribution >= 4 is 5.69 Å². The van der Waals surface area contributed by atoms with Gasteiger partial charge in [0.2, 0.25) is 0 Å². The summed E-state index contributed by atoms with van der Waals surface area (Å²) in [7, 11) is 1.91. The van der Waals surface area contributed by atoms with Gasteiger partial charge < -0.3 is 5.32 Å². The van der Waals surface area contributed by atoms with E-state index in [1.54, 1.807) is 4.68 Å². The molecule has 2 heterocycles. The van der Waals surface area contributed by atoms with Crippen LogP contribution in [0.2, 0.25) is 0 Å². The normalized spacial score (nSPS) is 11.1. The number of rotatable bonds is 5. The summed E-state index contributed by atoms with van der Waals surface area (Å²) in [5, 5.41) is 11.7. The second-order valence-corrected chi connectivity index (χ2v) is 4.72. The SMILES string of the molecule is CC(C)Cn1cc(CNc2cnn(C)c2)cn1. The molecule has 2 aromatic heterocycles. The quantitative estimate of drug-likeness (QED) is 0.857. The number of hydrogen-bond acceptors (Lipinski definition) is 3. The number of aryl methyl sites for hydroxylation is 1. The molecule has 0 amide bonds. The molecule has 0 aromatic carbocycles. The minimum Gasteiger partial charge on any atom is -0.378 e. The summed E-state index contributed by atoms with van der Waals surface area (Å²) in [4.78, 5) is 0. The molecule has 0 saturated carbocycles. The third-order valence-corrected chi connectivity index (χ3v) is 2.44. The Labute approximate surface area is 101 Å². The fourth-order valence-electron chi connectivity index (χ4n) is 1.69. The van der Waals surface area contributed by atoms with Gasteiger partial charge in [-0.3, -0.25) is 9.36 Å². The van der Waals surface area contributed by atoms with E-state index in [2.05, 4.69) is 35.6 Å². The number of nitrogens with zero attached hydrogens (tertiary/aromatic N) is 4. The topological polar surface area (TPSA) is 47.7 Å². The predicted octanol–water partition coefficient (Wildman–Crippen LogP) is 1.88. The molecule has 0 fully saturated rings. The molecule has 5 heteroatoms. The van der Waals surface area contributed by atoms with Gasteiger partial charge in [-0.25, -0.2) is 0 Å². The fourth-order valence-corrected chi connectivity index (χ4v) is 1.69. The first-order valence-corrected chi connectivity index (χ1v) is 5.87. The molecule has 2 rings (SSSR count). The maximum Gasteiger partial charge on any atom is 0.0729 e.